The summed E-state index contributed by atoms with van der Waals surface area (Å²) in [6, 6.07) is 23.1. The predicted molar refractivity (Wildman–Crippen MR) is 114 cm³/mol. The highest BCUT2D eigenvalue weighted by Crippen LogP contribution is 2.29. The molecule has 0 amide bonds. The Morgan fingerprint density at radius 1 is 0.964 bits per heavy atom. The summed E-state index contributed by atoms with van der Waals surface area (Å²) in [5.74, 6) is 1.22. The van der Waals surface area contributed by atoms with E-state index in [1.807, 2.05) is 72.8 Å². The molecule has 0 radical (unpaired) electrons. The Bertz CT molecular complexity index is 1130. The molecule has 4 aromatic rings. The second-order valence-electron chi connectivity index (χ2n) is 6.07. The molecule has 5 nitrogen and oxygen atoms in total. The van der Waals surface area contributed by atoms with Crippen LogP contribution in [0, 0.1) is 0 Å². The van der Waals surface area contributed by atoms with E-state index in [-0.39, 0.29) is 0 Å². The SMILES string of the molecule is COc1ccc(/C=N\Nc2nc(-c3ccccc3)c3cc(Cl)ccc3n2)cc1. The molecule has 0 fully saturated rings. The van der Waals surface area contributed by atoms with Gasteiger partial charge in [-0.3, -0.25) is 0 Å². The molecule has 1 heterocycles. The van der Waals surface area contributed by atoms with Crippen molar-refractivity contribution in [1.82, 2.24) is 9.97 Å². The van der Waals surface area contributed by atoms with Gasteiger partial charge < -0.3 is 4.74 Å². The number of nitrogens with zero attached hydrogens (tertiary/aromatic N) is 3. The summed E-state index contributed by atoms with van der Waals surface area (Å²) in [6.45, 7) is 0. The fourth-order valence-electron chi connectivity index (χ4n) is 2.82. The summed E-state index contributed by atoms with van der Waals surface area (Å²) < 4.78 is 5.16. The van der Waals surface area contributed by atoms with Gasteiger partial charge in [-0.1, -0.05) is 41.9 Å². The summed E-state index contributed by atoms with van der Waals surface area (Å²) >= 11 is 6.19. The molecule has 1 N–H and O–H groups in total. The molecule has 0 aliphatic heterocycles. The molecule has 0 bridgehead atoms. The lowest BCUT2D eigenvalue weighted by molar-refractivity contribution is 0.415. The number of benzene rings is 3. The first-order valence-electron chi connectivity index (χ1n) is 8.69. The number of nitrogens with one attached hydrogen (secondary N) is 1. The Morgan fingerprint density at radius 2 is 1.75 bits per heavy atom. The molecule has 0 aliphatic carbocycles. The van der Waals surface area contributed by atoms with Gasteiger partial charge in [-0.25, -0.2) is 15.4 Å². The van der Waals surface area contributed by atoms with Crippen molar-refractivity contribution in [2.24, 2.45) is 5.10 Å². The lowest BCUT2D eigenvalue weighted by Gasteiger charge is -2.09. The minimum absolute atomic E-state index is 0.415. The highest BCUT2D eigenvalue weighted by atomic mass is 35.5. The topological polar surface area (TPSA) is 59.4 Å². The van der Waals surface area contributed by atoms with Crippen LogP contribution in [-0.2, 0) is 0 Å². The normalized spacial score (nSPS) is 11.1. The van der Waals surface area contributed by atoms with Gasteiger partial charge in [0.15, 0.2) is 0 Å². The Labute approximate surface area is 167 Å². The summed E-state index contributed by atoms with van der Waals surface area (Å²) in [6.07, 6.45) is 1.71. The van der Waals surface area contributed by atoms with Gasteiger partial charge in [0.1, 0.15) is 5.75 Å². The second kappa shape index (κ2) is 8.06. The van der Waals surface area contributed by atoms with Crippen molar-refractivity contribution < 1.29 is 4.74 Å². The smallest absolute Gasteiger partial charge is 0.244 e. The van der Waals surface area contributed by atoms with Crippen molar-refractivity contribution >= 4 is 34.7 Å². The quantitative estimate of drug-likeness (QED) is 0.367. The molecule has 6 heteroatoms. The zero-order valence-electron chi connectivity index (χ0n) is 15.1. The van der Waals surface area contributed by atoms with Gasteiger partial charge in [-0.05, 0) is 48.0 Å². The van der Waals surface area contributed by atoms with Crippen molar-refractivity contribution in [1.29, 1.82) is 0 Å². The number of ether oxygens (including phenoxy) is 1. The zero-order valence-corrected chi connectivity index (χ0v) is 15.9. The van der Waals surface area contributed by atoms with E-state index in [0.29, 0.717) is 11.0 Å². The van der Waals surface area contributed by atoms with Crippen LogP contribution in [-0.4, -0.2) is 23.3 Å². The lowest BCUT2D eigenvalue weighted by atomic mass is 10.1. The van der Waals surface area contributed by atoms with Crippen LogP contribution in [0.5, 0.6) is 5.75 Å². The van der Waals surface area contributed by atoms with E-state index < -0.39 is 0 Å². The van der Waals surface area contributed by atoms with Gasteiger partial charge in [0.2, 0.25) is 5.95 Å². The van der Waals surface area contributed by atoms with Crippen LogP contribution in [0.15, 0.2) is 77.9 Å². The van der Waals surface area contributed by atoms with E-state index >= 15 is 0 Å². The monoisotopic (exact) mass is 388 g/mol. The van der Waals surface area contributed by atoms with Crippen LogP contribution in [0.2, 0.25) is 5.02 Å². The predicted octanol–water partition coefficient (Wildman–Crippen LogP) is 5.40. The largest absolute Gasteiger partial charge is 0.497 e. The molecule has 0 saturated carbocycles. The fourth-order valence-corrected chi connectivity index (χ4v) is 2.99. The van der Waals surface area contributed by atoms with Gasteiger partial charge in [0.05, 0.1) is 24.5 Å². The third-order valence-electron chi connectivity index (χ3n) is 4.20. The number of hydrazone groups is 1. The van der Waals surface area contributed by atoms with E-state index in [1.165, 1.54) is 0 Å². The van der Waals surface area contributed by atoms with Crippen LogP contribution in [0.1, 0.15) is 5.56 Å². The van der Waals surface area contributed by atoms with Crippen molar-refractivity contribution in [3.63, 3.8) is 0 Å². The highest BCUT2D eigenvalue weighted by Gasteiger charge is 2.10. The van der Waals surface area contributed by atoms with Crippen LogP contribution >= 0.6 is 11.6 Å². The average Bonchev–Trinajstić information content (AvgIpc) is 2.74. The first-order chi connectivity index (χ1) is 13.7. The molecule has 1 aromatic heterocycles. The number of halogens is 1. The van der Waals surface area contributed by atoms with E-state index in [2.05, 4.69) is 20.5 Å². The number of methoxy groups -OCH3 is 1. The first kappa shape index (κ1) is 17.9. The Morgan fingerprint density at radius 3 is 2.50 bits per heavy atom. The van der Waals surface area contributed by atoms with Crippen molar-refractivity contribution in [3.8, 4) is 17.0 Å². The molecular formula is C22H17ClN4O. The third-order valence-corrected chi connectivity index (χ3v) is 4.43. The molecule has 28 heavy (non-hydrogen) atoms. The van der Waals surface area contributed by atoms with Crippen LogP contribution in [0.3, 0.4) is 0 Å². The van der Waals surface area contributed by atoms with Gasteiger partial charge in [0, 0.05) is 16.0 Å². The molecule has 0 atom stereocenters. The molecule has 4 rings (SSSR count). The number of hydrogen-bond donors (Lipinski definition) is 1. The van der Waals surface area contributed by atoms with Gasteiger partial charge in [-0.15, -0.1) is 0 Å². The average molecular weight is 389 g/mol. The van der Waals surface area contributed by atoms with Crippen LogP contribution < -0.4 is 10.2 Å². The highest BCUT2D eigenvalue weighted by molar-refractivity contribution is 6.31. The zero-order chi connectivity index (χ0) is 19.3. The maximum absolute atomic E-state index is 6.19. The fraction of sp³-hybridized carbons (Fsp3) is 0.0455. The minimum Gasteiger partial charge on any atom is -0.497 e. The van der Waals surface area contributed by atoms with E-state index in [0.717, 1.165) is 33.5 Å². The number of aromatic nitrogens is 2. The van der Waals surface area contributed by atoms with Crippen LogP contribution in [0.25, 0.3) is 22.2 Å². The number of rotatable bonds is 5. The second-order valence-corrected chi connectivity index (χ2v) is 6.50. The van der Waals surface area contributed by atoms with Gasteiger partial charge in [-0.2, -0.15) is 5.10 Å². The summed E-state index contributed by atoms with van der Waals surface area (Å²) in [4.78, 5) is 9.20. The lowest BCUT2D eigenvalue weighted by Crippen LogP contribution is -2.00. The molecule has 0 unspecified atom stereocenters. The van der Waals surface area contributed by atoms with E-state index in [1.54, 1.807) is 13.3 Å². The maximum atomic E-state index is 6.19. The molecule has 0 aliphatic rings. The molecular weight excluding hydrogens is 372 g/mol. The standard InChI is InChI=1S/C22H17ClN4O/c1-28-18-10-7-15(8-11-18)14-24-27-22-25-20-12-9-17(23)13-19(20)21(26-22)16-5-3-2-4-6-16/h2-14H,1H3,(H,25,26,27)/b24-14-. The van der Waals surface area contributed by atoms with Crippen LogP contribution in [0.4, 0.5) is 5.95 Å². The minimum atomic E-state index is 0.415. The number of fused-ring (bicyclic) bond motifs is 1. The third kappa shape index (κ3) is 3.94. The first-order valence-corrected chi connectivity index (χ1v) is 9.06. The van der Waals surface area contributed by atoms with E-state index in [9.17, 15) is 0 Å². The maximum Gasteiger partial charge on any atom is 0.244 e. The summed E-state index contributed by atoms with van der Waals surface area (Å²) in [5, 5.41) is 5.80. The van der Waals surface area contributed by atoms with Gasteiger partial charge in [0.25, 0.3) is 0 Å². The molecule has 0 spiro atoms. The Hall–Kier alpha value is -3.44. The number of hydrogen-bond acceptors (Lipinski definition) is 5. The Balaban J connectivity index is 1.67. The van der Waals surface area contributed by atoms with Crippen molar-refractivity contribution in [2.45, 2.75) is 0 Å². The van der Waals surface area contributed by atoms with Crippen molar-refractivity contribution in [3.05, 3.63) is 83.4 Å². The Kier molecular flexibility index (Phi) is 5.17. The summed E-state index contributed by atoms with van der Waals surface area (Å²) in [5.41, 5.74) is 6.43. The molecule has 138 valence electrons. The van der Waals surface area contributed by atoms with Gasteiger partial charge >= 0.3 is 0 Å². The summed E-state index contributed by atoms with van der Waals surface area (Å²) in [7, 11) is 1.64. The number of anilines is 1. The van der Waals surface area contributed by atoms with E-state index in [4.69, 9.17) is 16.3 Å². The molecule has 3 aromatic carbocycles. The molecule has 0 saturated heterocycles. The van der Waals surface area contributed by atoms with Crippen molar-refractivity contribution in [2.75, 3.05) is 12.5 Å².